The lowest BCUT2D eigenvalue weighted by molar-refractivity contribution is -0.126. The van der Waals surface area contributed by atoms with E-state index in [9.17, 15) is 4.79 Å². The molecule has 0 saturated carbocycles. The van der Waals surface area contributed by atoms with E-state index in [1.807, 2.05) is 6.92 Å². The van der Waals surface area contributed by atoms with Crippen LogP contribution in [0.3, 0.4) is 0 Å². The molecule has 0 spiro atoms. The first-order valence-corrected chi connectivity index (χ1v) is 7.53. The molecule has 4 heteroatoms. The number of piperidine rings is 1. The Hall–Kier alpha value is -1.05. The van der Waals surface area contributed by atoms with Gasteiger partial charge in [-0.15, -0.1) is 6.42 Å². The SMILES string of the molecule is C#CCNC(=O)C(C)N1CCCC(CNC(C)(C)C)C1. The van der Waals surface area contributed by atoms with Crippen molar-refractivity contribution in [3.05, 3.63) is 0 Å². The molecule has 1 aliphatic heterocycles. The maximum absolute atomic E-state index is 12.0. The highest BCUT2D eigenvalue weighted by Gasteiger charge is 2.27. The summed E-state index contributed by atoms with van der Waals surface area (Å²) < 4.78 is 0. The van der Waals surface area contributed by atoms with E-state index in [2.05, 4.69) is 42.2 Å². The van der Waals surface area contributed by atoms with Crippen molar-refractivity contribution in [3.8, 4) is 12.3 Å². The highest BCUT2D eigenvalue weighted by atomic mass is 16.2. The highest BCUT2D eigenvalue weighted by molar-refractivity contribution is 5.81. The molecule has 4 nitrogen and oxygen atoms in total. The third-order valence-corrected chi connectivity index (χ3v) is 3.76. The standard InChI is InChI=1S/C16H29N3O/c1-6-9-17-15(20)13(2)19-10-7-8-14(12-19)11-18-16(3,4)5/h1,13-14,18H,7-12H2,2-5H3,(H,17,20). The first-order valence-electron chi connectivity index (χ1n) is 7.53. The van der Waals surface area contributed by atoms with Gasteiger partial charge in [-0.05, 0) is 59.5 Å². The lowest BCUT2D eigenvalue weighted by Crippen LogP contribution is -2.51. The second-order valence-corrected chi connectivity index (χ2v) is 6.73. The third kappa shape index (κ3) is 5.94. The van der Waals surface area contributed by atoms with Crippen LogP contribution in [0.4, 0.5) is 0 Å². The molecule has 0 aromatic rings. The summed E-state index contributed by atoms with van der Waals surface area (Å²) in [6.07, 6.45) is 7.56. The van der Waals surface area contributed by atoms with E-state index in [0.717, 1.165) is 26.1 Å². The number of carbonyl (C=O) groups is 1. The van der Waals surface area contributed by atoms with Crippen molar-refractivity contribution in [2.75, 3.05) is 26.2 Å². The summed E-state index contributed by atoms with van der Waals surface area (Å²) in [5.41, 5.74) is 0.151. The van der Waals surface area contributed by atoms with Gasteiger partial charge in [-0.3, -0.25) is 9.69 Å². The number of nitrogens with zero attached hydrogens (tertiary/aromatic N) is 1. The van der Waals surface area contributed by atoms with Crippen LogP contribution in [0, 0.1) is 18.3 Å². The third-order valence-electron chi connectivity index (χ3n) is 3.76. The number of hydrogen-bond acceptors (Lipinski definition) is 3. The van der Waals surface area contributed by atoms with Gasteiger partial charge in [0.25, 0.3) is 0 Å². The Bertz CT molecular complexity index is 354. The van der Waals surface area contributed by atoms with Gasteiger partial charge in [0.05, 0.1) is 12.6 Å². The molecule has 1 fully saturated rings. The summed E-state index contributed by atoms with van der Waals surface area (Å²) >= 11 is 0. The average molecular weight is 279 g/mol. The van der Waals surface area contributed by atoms with Crippen LogP contribution in [-0.4, -0.2) is 48.6 Å². The van der Waals surface area contributed by atoms with E-state index < -0.39 is 0 Å². The second kappa shape index (κ2) is 7.66. The first-order chi connectivity index (χ1) is 9.33. The summed E-state index contributed by atoms with van der Waals surface area (Å²) in [5, 5.41) is 6.33. The molecule has 0 aromatic heterocycles. The van der Waals surface area contributed by atoms with E-state index in [0.29, 0.717) is 12.5 Å². The maximum Gasteiger partial charge on any atom is 0.237 e. The second-order valence-electron chi connectivity index (χ2n) is 6.73. The molecule has 2 atom stereocenters. The molecule has 0 aliphatic carbocycles. The molecule has 1 saturated heterocycles. The summed E-state index contributed by atoms with van der Waals surface area (Å²) in [6, 6.07) is -0.0965. The number of amides is 1. The van der Waals surface area contributed by atoms with Crippen molar-refractivity contribution >= 4 is 5.91 Å². The Morgan fingerprint density at radius 3 is 2.80 bits per heavy atom. The minimum Gasteiger partial charge on any atom is -0.344 e. The van der Waals surface area contributed by atoms with Crippen molar-refractivity contribution in [1.82, 2.24) is 15.5 Å². The number of hydrogen-bond donors (Lipinski definition) is 2. The minimum absolute atomic E-state index is 0.0346. The molecule has 1 rings (SSSR count). The smallest absolute Gasteiger partial charge is 0.237 e. The number of rotatable bonds is 5. The molecule has 0 radical (unpaired) electrons. The van der Waals surface area contributed by atoms with Crippen LogP contribution in [0.25, 0.3) is 0 Å². The van der Waals surface area contributed by atoms with Crippen LogP contribution in [0.5, 0.6) is 0 Å². The highest BCUT2D eigenvalue weighted by Crippen LogP contribution is 2.18. The number of carbonyl (C=O) groups excluding carboxylic acids is 1. The largest absolute Gasteiger partial charge is 0.344 e. The number of nitrogens with one attached hydrogen (secondary N) is 2. The zero-order chi connectivity index (χ0) is 15.2. The van der Waals surface area contributed by atoms with E-state index in [1.165, 1.54) is 6.42 Å². The van der Waals surface area contributed by atoms with Gasteiger partial charge in [-0.2, -0.15) is 0 Å². The van der Waals surface area contributed by atoms with Crippen molar-refractivity contribution in [3.63, 3.8) is 0 Å². The summed E-state index contributed by atoms with van der Waals surface area (Å²) in [4.78, 5) is 14.2. The van der Waals surface area contributed by atoms with Crippen LogP contribution in [0.2, 0.25) is 0 Å². The number of terminal acetylenes is 1. The molecule has 1 heterocycles. The molecular formula is C16H29N3O. The van der Waals surface area contributed by atoms with Crippen LogP contribution in [0.15, 0.2) is 0 Å². The van der Waals surface area contributed by atoms with Crippen LogP contribution < -0.4 is 10.6 Å². The molecule has 1 aliphatic rings. The van der Waals surface area contributed by atoms with Gasteiger partial charge in [0.2, 0.25) is 5.91 Å². The fourth-order valence-electron chi connectivity index (χ4n) is 2.52. The van der Waals surface area contributed by atoms with E-state index in [1.54, 1.807) is 0 Å². The first kappa shape index (κ1) is 17.0. The van der Waals surface area contributed by atoms with Crippen molar-refractivity contribution < 1.29 is 4.79 Å². The molecule has 0 bridgehead atoms. The Morgan fingerprint density at radius 1 is 1.50 bits per heavy atom. The zero-order valence-corrected chi connectivity index (χ0v) is 13.3. The van der Waals surface area contributed by atoms with Crippen LogP contribution in [0.1, 0.15) is 40.5 Å². The molecule has 1 amide bonds. The molecule has 114 valence electrons. The van der Waals surface area contributed by atoms with E-state index >= 15 is 0 Å². The lowest BCUT2D eigenvalue weighted by atomic mass is 9.95. The van der Waals surface area contributed by atoms with Gasteiger partial charge in [0.15, 0.2) is 0 Å². The molecular weight excluding hydrogens is 250 g/mol. The fourth-order valence-corrected chi connectivity index (χ4v) is 2.52. The van der Waals surface area contributed by atoms with Gasteiger partial charge in [0.1, 0.15) is 0 Å². The molecule has 2 unspecified atom stereocenters. The Kier molecular flexibility index (Phi) is 6.51. The fraction of sp³-hybridized carbons (Fsp3) is 0.812. The zero-order valence-electron chi connectivity index (χ0n) is 13.3. The van der Waals surface area contributed by atoms with E-state index in [4.69, 9.17) is 6.42 Å². The number of likely N-dealkylation sites (tertiary alicyclic amines) is 1. The topological polar surface area (TPSA) is 44.4 Å². The molecule has 2 N–H and O–H groups in total. The quantitative estimate of drug-likeness (QED) is 0.744. The Morgan fingerprint density at radius 2 is 2.20 bits per heavy atom. The summed E-state index contributed by atoms with van der Waals surface area (Å²) in [6.45, 7) is 11.8. The van der Waals surface area contributed by atoms with Crippen molar-refractivity contribution in [2.45, 2.75) is 52.1 Å². The summed E-state index contributed by atoms with van der Waals surface area (Å²) in [5.74, 6) is 3.09. The average Bonchev–Trinajstić information content (AvgIpc) is 2.41. The van der Waals surface area contributed by atoms with Gasteiger partial charge >= 0.3 is 0 Å². The van der Waals surface area contributed by atoms with Crippen molar-refractivity contribution in [2.24, 2.45) is 5.92 Å². The van der Waals surface area contributed by atoms with Crippen LogP contribution in [-0.2, 0) is 4.79 Å². The van der Waals surface area contributed by atoms with E-state index in [-0.39, 0.29) is 17.5 Å². The Balaban J connectivity index is 2.43. The van der Waals surface area contributed by atoms with Gasteiger partial charge < -0.3 is 10.6 Å². The minimum atomic E-state index is -0.0965. The maximum atomic E-state index is 12.0. The molecule has 0 aromatic carbocycles. The van der Waals surface area contributed by atoms with Gasteiger partial charge in [-0.1, -0.05) is 5.92 Å². The van der Waals surface area contributed by atoms with Crippen LogP contribution >= 0.6 is 0 Å². The monoisotopic (exact) mass is 279 g/mol. The lowest BCUT2D eigenvalue weighted by Gasteiger charge is -2.37. The van der Waals surface area contributed by atoms with Gasteiger partial charge in [-0.25, -0.2) is 0 Å². The normalized spacial score (nSPS) is 22.1. The predicted octanol–water partition coefficient (Wildman–Crippen LogP) is 1.22. The van der Waals surface area contributed by atoms with Gasteiger partial charge in [0, 0.05) is 12.1 Å². The van der Waals surface area contributed by atoms with Crippen molar-refractivity contribution in [1.29, 1.82) is 0 Å². The Labute approximate surface area is 123 Å². The summed E-state index contributed by atoms with van der Waals surface area (Å²) in [7, 11) is 0. The molecule has 20 heavy (non-hydrogen) atoms. The predicted molar refractivity (Wildman–Crippen MR) is 83.4 cm³/mol.